The number of benzene rings is 1. The molecule has 0 saturated carbocycles. The van der Waals surface area contributed by atoms with E-state index in [1.807, 2.05) is 12.3 Å². The lowest BCUT2D eigenvalue weighted by Crippen LogP contribution is -2.40. The van der Waals surface area contributed by atoms with Crippen molar-refractivity contribution in [2.75, 3.05) is 65.4 Å². The summed E-state index contributed by atoms with van der Waals surface area (Å²) in [4.78, 5) is 12.6. The van der Waals surface area contributed by atoms with E-state index in [2.05, 4.69) is 32.0 Å². The number of nitrogens with zero attached hydrogens (tertiary/aromatic N) is 4. The van der Waals surface area contributed by atoms with Crippen molar-refractivity contribution in [1.29, 1.82) is 0 Å². The average molecular weight is 558 g/mol. The van der Waals surface area contributed by atoms with Crippen LogP contribution in [0.15, 0.2) is 36.7 Å². The Bertz CT molecular complexity index is 1500. The molecule has 0 bridgehead atoms. The van der Waals surface area contributed by atoms with Gasteiger partial charge in [-0.05, 0) is 36.1 Å². The number of H-pyrrole nitrogens is 1. The van der Waals surface area contributed by atoms with Crippen LogP contribution in [0.3, 0.4) is 0 Å². The minimum absolute atomic E-state index is 0.198. The number of likely N-dealkylation sites (tertiary alicyclic amines) is 1. The summed E-state index contributed by atoms with van der Waals surface area (Å²) in [6, 6.07) is 7.46. The SMILES string of the molecule is CS(=O)(=O)N1CC2CN(CN3C=C(N4CCOCC4)c4cc(-c5c(F)ccc6[nH]ccc56)sc4C3)CC2C1. The highest BCUT2D eigenvalue weighted by atomic mass is 32.2. The van der Waals surface area contributed by atoms with Gasteiger partial charge in [-0.15, -0.1) is 11.3 Å². The van der Waals surface area contributed by atoms with Gasteiger partial charge in [-0.2, -0.15) is 0 Å². The van der Waals surface area contributed by atoms with Gasteiger partial charge in [-0.25, -0.2) is 17.1 Å². The predicted molar refractivity (Wildman–Crippen MR) is 147 cm³/mol. The summed E-state index contributed by atoms with van der Waals surface area (Å²) in [5.74, 6) is 0.591. The van der Waals surface area contributed by atoms with Crippen LogP contribution >= 0.6 is 11.3 Å². The molecule has 3 saturated heterocycles. The van der Waals surface area contributed by atoms with Gasteiger partial charge in [-0.3, -0.25) is 4.90 Å². The zero-order valence-corrected chi connectivity index (χ0v) is 23.0. The van der Waals surface area contributed by atoms with E-state index in [1.165, 1.54) is 22.4 Å². The number of hydrogen-bond acceptors (Lipinski definition) is 7. The number of halogens is 1. The van der Waals surface area contributed by atoms with Crippen LogP contribution in [-0.4, -0.2) is 97.8 Å². The van der Waals surface area contributed by atoms with Crippen LogP contribution in [0, 0.1) is 17.7 Å². The molecule has 3 fully saturated rings. The number of sulfonamides is 1. The number of aromatic nitrogens is 1. The fourth-order valence-corrected chi connectivity index (χ4v) is 8.73. The summed E-state index contributed by atoms with van der Waals surface area (Å²) in [6.07, 6.45) is 5.45. The first-order valence-electron chi connectivity index (χ1n) is 13.2. The maximum Gasteiger partial charge on any atom is 0.211 e. The lowest BCUT2D eigenvalue weighted by Gasteiger charge is -2.37. The first kappa shape index (κ1) is 24.6. The highest BCUT2D eigenvalue weighted by molar-refractivity contribution is 7.88. The number of rotatable bonds is 5. The van der Waals surface area contributed by atoms with Gasteiger partial charge >= 0.3 is 0 Å². The molecule has 0 radical (unpaired) electrons. The van der Waals surface area contributed by atoms with Crippen molar-refractivity contribution in [3.05, 3.63) is 52.9 Å². The molecular formula is C27H32FN5O3S2. The van der Waals surface area contributed by atoms with Crippen LogP contribution in [0.4, 0.5) is 4.39 Å². The van der Waals surface area contributed by atoms with Crippen LogP contribution in [0.2, 0.25) is 0 Å². The van der Waals surface area contributed by atoms with Crippen LogP contribution in [0.5, 0.6) is 0 Å². The summed E-state index contributed by atoms with van der Waals surface area (Å²) in [7, 11) is -3.12. The minimum atomic E-state index is -3.12. The highest BCUT2D eigenvalue weighted by Gasteiger charge is 2.43. The Kier molecular flexibility index (Phi) is 6.04. The highest BCUT2D eigenvalue weighted by Crippen LogP contribution is 2.43. The molecule has 6 heterocycles. The number of aromatic amines is 1. The molecule has 4 aliphatic heterocycles. The van der Waals surface area contributed by atoms with Gasteiger partial charge in [0.2, 0.25) is 10.0 Å². The Morgan fingerprint density at radius 1 is 1.11 bits per heavy atom. The largest absolute Gasteiger partial charge is 0.378 e. The topological polar surface area (TPSA) is 72.1 Å². The van der Waals surface area contributed by atoms with E-state index in [1.54, 1.807) is 27.8 Å². The van der Waals surface area contributed by atoms with E-state index in [9.17, 15) is 8.42 Å². The molecule has 11 heteroatoms. The molecule has 8 nitrogen and oxygen atoms in total. The van der Waals surface area contributed by atoms with Gasteiger partial charge in [0.1, 0.15) is 5.82 Å². The van der Waals surface area contributed by atoms with E-state index in [4.69, 9.17) is 4.74 Å². The number of thiophene rings is 1. The zero-order chi connectivity index (χ0) is 26.0. The molecule has 1 aromatic carbocycles. The normalized spacial score (nSPS) is 24.7. The number of fused-ring (bicyclic) bond motifs is 3. The van der Waals surface area contributed by atoms with Gasteiger partial charge in [0.05, 0.1) is 38.4 Å². The fourth-order valence-electron chi connectivity index (χ4n) is 6.55. The molecule has 1 N–H and O–H groups in total. The quantitative estimate of drug-likeness (QED) is 0.520. The predicted octanol–water partition coefficient (Wildman–Crippen LogP) is 3.26. The van der Waals surface area contributed by atoms with Crippen molar-refractivity contribution in [3.63, 3.8) is 0 Å². The Morgan fingerprint density at radius 2 is 1.87 bits per heavy atom. The lowest BCUT2D eigenvalue weighted by molar-refractivity contribution is 0.0627. The van der Waals surface area contributed by atoms with E-state index < -0.39 is 10.0 Å². The fraction of sp³-hybridized carbons (Fsp3) is 0.481. The third kappa shape index (κ3) is 4.34. The van der Waals surface area contributed by atoms with Gasteiger partial charge in [0.15, 0.2) is 0 Å². The molecule has 2 atom stereocenters. The Balaban J connectivity index is 1.16. The third-order valence-electron chi connectivity index (χ3n) is 8.40. The molecule has 0 aliphatic carbocycles. The Labute approximate surface area is 226 Å². The Hall–Kier alpha value is -2.44. The van der Waals surface area contributed by atoms with Crippen LogP contribution in [0.1, 0.15) is 10.4 Å². The van der Waals surface area contributed by atoms with Crippen molar-refractivity contribution in [1.82, 2.24) is 24.0 Å². The van der Waals surface area contributed by atoms with E-state index in [0.29, 0.717) is 43.7 Å². The maximum atomic E-state index is 15.2. The number of hydrogen-bond donors (Lipinski definition) is 1. The third-order valence-corrected chi connectivity index (χ3v) is 10.8. The second-order valence-corrected chi connectivity index (χ2v) is 14.1. The number of nitrogens with one attached hydrogen (secondary N) is 1. The number of morpholine rings is 1. The van der Waals surface area contributed by atoms with Crippen LogP contribution in [-0.2, 0) is 21.3 Å². The van der Waals surface area contributed by atoms with E-state index in [0.717, 1.165) is 55.2 Å². The maximum absolute atomic E-state index is 15.2. The zero-order valence-electron chi connectivity index (χ0n) is 21.4. The van der Waals surface area contributed by atoms with Crippen molar-refractivity contribution in [2.45, 2.75) is 6.54 Å². The van der Waals surface area contributed by atoms with Crippen molar-refractivity contribution < 1.29 is 17.5 Å². The van der Waals surface area contributed by atoms with E-state index >= 15 is 4.39 Å². The monoisotopic (exact) mass is 557 g/mol. The average Bonchev–Trinajstić information content (AvgIpc) is 3.66. The second kappa shape index (κ2) is 9.34. The summed E-state index contributed by atoms with van der Waals surface area (Å²) >= 11 is 1.68. The Morgan fingerprint density at radius 3 is 2.61 bits per heavy atom. The first-order valence-corrected chi connectivity index (χ1v) is 15.8. The van der Waals surface area contributed by atoms with Gasteiger partial charge in [0.25, 0.3) is 0 Å². The summed E-state index contributed by atoms with van der Waals surface area (Å²) in [6.45, 7) is 7.73. The molecule has 2 aromatic heterocycles. The molecule has 7 rings (SSSR count). The number of ether oxygens (including phenoxy) is 1. The minimum Gasteiger partial charge on any atom is -0.378 e. The first-order chi connectivity index (χ1) is 18.3. The van der Waals surface area contributed by atoms with Crippen molar-refractivity contribution in [3.8, 4) is 10.4 Å². The lowest BCUT2D eigenvalue weighted by atomic mass is 10.0. The molecule has 4 aliphatic rings. The van der Waals surface area contributed by atoms with E-state index in [-0.39, 0.29) is 5.82 Å². The van der Waals surface area contributed by atoms with Crippen LogP contribution < -0.4 is 0 Å². The smallest absolute Gasteiger partial charge is 0.211 e. The molecule has 202 valence electrons. The van der Waals surface area contributed by atoms with Crippen LogP contribution in [0.25, 0.3) is 27.0 Å². The molecule has 0 amide bonds. The van der Waals surface area contributed by atoms with Crippen molar-refractivity contribution in [2.24, 2.45) is 11.8 Å². The van der Waals surface area contributed by atoms with Gasteiger partial charge in [0, 0.05) is 83.4 Å². The molecule has 2 unspecified atom stereocenters. The summed E-state index contributed by atoms with van der Waals surface area (Å²) in [5.41, 5.74) is 3.98. The molecular weight excluding hydrogens is 525 g/mol. The molecule has 0 spiro atoms. The van der Waals surface area contributed by atoms with Gasteiger partial charge in [-0.1, -0.05) is 0 Å². The summed E-state index contributed by atoms with van der Waals surface area (Å²) < 4.78 is 46.4. The molecule has 3 aromatic rings. The molecule has 38 heavy (non-hydrogen) atoms. The summed E-state index contributed by atoms with van der Waals surface area (Å²) in [5, 5.41) is 0.907. The second-order valence-electron chi connectivity index (χ2n) is 10.9. The van der Waals surface area contributed by atoms with Gasteiger partial charge < -0.3 is 19.5 Å². The standard InChI is InChI=1S/C27H32FN5O3S2/c1-38(34,35)33-13-18-11-30(12-19(18)14-33)17-31-15-24(32-6-8-36-9-7-32)21-10-25(37-26(21)16-31)27-20-4-5-29-23(20)3-2-22(27)28/h2-5,10,15,18-19,29H,6-9,11-14,16-17H2,1H3. The van der Waals surface area contributed by atoms with Crippen molar-refractivity contribution >= 4 is 38.0 Å².